The van der Waals surface area contributed by atoms with Crippen molar-refractivity contribution in [3.05, 3.63) is 53.6 Å². The average molecular weight is 312 g/mol. The van der Waals surface area contributed by atoms with Gasteiger partial charge in [0.2, 0.25) is 0 Å². The van der Waals surface area contributed by atoms with Crippen molar-refractivity contribution >= 4 is 13.8 Å². The molecule has 0 aliphatic heterocycles. The highest BCUT2D eigenvalue weighted by molar-refractivity contribution is 7.34. The van der Waals surface area contributed by atoms with Gasteiger partial charge in [0.25, 0.3) is 0 Å². The molecule has 1 nitrogen and oxygen atoms in total. The Morgan fingerprint density at radius 3 is 1.82 bits per heavy atom. The monoisotopic (exact) mass is 312 g/mol. The molecule has 2 aromatic carbocycles. The van der Waals surface area contributed by atoms with Crippen molar-refractivity contribution in [2.75, 3.05) is 0 Å². The first-order chi connectivity index (χ1) is 10.2. The van der Waals surface area contributed by atoms with Gasteiger partial charge in [-0.2, -0.15) is 0 Å². The van der Waals surface area contributed by atoms with E-state index in [9.17, 15) is 4.57 Å². The van der Waals surface area contributed by atoms with Crippen LogP contribution in [0.3, 0.4) is 0 Å². The number of hydrogen-bond donors (Lipinski definition) is 0. The third kappa shape index (κ3) is 3.31. The molecule has 0 heterocycles. The molecule has 0 aliphatic rings. The van der Waals surface area contributed by atoms with Crippen molar-refractivity contribution in [1.29, 1.82) is 0 Å². The standard InChI is InChI=1S/C20H25OP/c1-19(2,3)16-13-12-15(14-10-8-7-9-11-14)18(22-21)17(16)20(4,5)6/h7-13H,1-6H3. The lowest BCUT2D eigenvalue weighted by atomic mass is 9.74. The van der Waals surface area contributed by atoms with Crippen LogP contribution in [0.5, 0.6) is 0 Å². The molecule has 0 bridgehead atoms. The first-order valence-corrected chi connectivity index (χ1v) is 8.54. The fourth-order valence-electron chi connectivity index (χ4n) is 2.92. The maximum atomic E-state index is 12.0. The van der Waals surface area contributed by atoms with E-state index in [0.29, 0.717) is 0 Å². The third-order valence-electron chi connectivity index (χ3n) is 3.91. The topological polar surface area (TPSA) is 17.1 Å². The zero-order chi connectivity index (χ0) is 16.5. The molecule has 0 saturated carbocycles. The van der Waals surface area contributed by atoms with Gasteiger partial charge in [-0.25, -0.2) is 0 Å². The van der Waals surface area contributed by atoms with E-state index in [-0.39, 0.29) is 19.3 Å². The van der Waals surface area contributed by atoms with Crippen molar-refractivity contribution in [3.63, 3.8) is 0 Å². The van der Waals surface area contributed by atoms with Gasteiger partial charge in [-0.3, -0.25) is 4.57 Å². The summed E-state index contributed by atoms with van der Waals surface area (Å²) in [6.45, 7) is 13.2. The molecule has 0 saturated heterocycles. The minimum Gasteiger partial charge on any atom is -0.269 e. The summed E-state index contributed by atoms with van der Waals surface area (Å²) >= 11 is 0. The van der Waals surface area contributed by atoms with Crippen LogP contribution in [0.15, 0.2) is 42.5 Å². The predicted octanol–water partition coefficient (Wildman–Crippen LogP) is 5.87. The first-order valence-electron chi connectivity index (χ1n) is 7.73. The van der Waals surface area contributed by atoms with E-state index >= 15 is 0 Å². The second-order valence-electron chi connectivity index (χ2n) is 7.84. The highest BCUT2D eigenvalue weighted by atomic mass is 31.1. The zero-order valence-electron chi connectivity index (χ0n) is 14.4. The molecule has 0 unspecified atom stereocenters. The van der Waals surface area contributed by atoms with Crippen LogP contribution in [0.4, 0.5) is 0 Å². The van der Waals surface area contributed by atoms with Crippen molar-refractivity contribution in [2.24, 2.45) is 0 Å². The van der Waals surface area contributed by atoms with Gasteiger partial charge in [0.05, 0.1) is 5.30 Å². The van der Waals surface area contributed by atoms with E-state index in [2.05, 4.69) is 65.8 Å². The third-order valence-corrected chi connectivity index (χ3v) is 4.56. The average Bonchev–Trinajstić information content (AvgIpc) is 2.44. The van der Waals surface area contributed by atoms with Crippen molar-refractivity contribution in [1.82, 2.24) is 0 Å². The van der Waals surface area contributed by atoms with Gasteiger partial charge in [-0.05, 0) is 33.1 Å². The highest BCUT2D eigenvalue weighted by Crippen LogP contribution is 2.37. The maximum absolute atomic E-state index is 12.0. The van der Waals surface area contributed by atoms with Gasteiger partial charge in [0.1, 0.15) is 0 Å². The van der Waals surface area contributed by atoms with E-state index in [1.165, 1.54) is 11.1 Å². The molecular formula is C20H25OP. The minimum atomic E-state index is -0.0554. The maximum Gasteiger partial charge on any atom is 0.193 e. The van der Waals surface area contributed by atoms with E-state index in [4.69, 9.17) is 0 Å². The molecule has 2 heteroatoms. The van der Waals surface area contributed by atoms with Crippen LogP contribution in [-0.4, -0.2) is 0 Å². The normalized spacial score (nSPS) is 12.6. The molecule has 0 fully saturated rings. The first kappa shape index (κ1) is 16.9. The summed E-state index contributed by atoms with van der Waals surface area (Å²) in [6.07, 6.45) is 0. The Kier molecular flexibility index (Phi) is 4.59. The summed E-state index contributed by atoms with van der Waals surface area (Å²) in [5.74, 6) is 0. The van der Waals surface area contributed by atoms with E-state index in [0.717, 1.165) is 16.4 Å². The van der Waals surface area contributed by atoms with Gasteiger partial charge >= 0.3 is 0 Å². The van der Waals surface area contributed by atoms with Crippen LogP contribution in [0.25, 0.3) is 11.1 Å². The molecule has 2 aromatic rings. The Morgan fingerprint density at radius 1 is 0.773 bits per heavy atom. The molecule has 116 valence electrons. The lowest BCUT2D eigenvalue weighted by Crippen LogP contribution is -2.28. The van der Waals surface area contributed by atoms with Gasteiger partial charge in [0, 0.05) is 0 Å². The van der Waals surface area contributed by atoms with Crippen LogP contribution < -0.4 is 5.30 Å². The van der Waals surface area contributed by atoms with E-state index in [1.807, 2.05) is 18.2 Å². The van der Waals surface area contributed by atoms with Gasteiger partial charge < -0.3 is 0 Å². The van der Waals surface area contributed by atoms with Crippen molar-refractivity contribution < 1.29 is 4.57 Å². The Labute approximate surface area is 136 Å². The molecule has 0 amide bonds. The number of rotatable bonds is 2. The van der Waals surface area contributed by atoms with Crippen LogP contribution in [0.2, 0.25) is 0 Å². The lowest BCUT2D eigenvalue weighted by molar-refractivity contribution is 0.533. The summed E-state index contributed by atoms with van der Waals surface area (Å²) in [5, 5.41) is 0.922. The van der Waals surface area contributed by atoms with Crippen LogP contribution >= 0.6 is 8.46 Å². The fourth-order valence-corrected chi connectivity index (χ4v) is 3.77. The molecule has 0 N–H and O–H groups in total. The summed E-state index contributed by atoms with van der Waals surface area (Å²) in [5.41, 5.74) is 4.63. The molecule has 0 spiro atoms. The van der Waals surface area contributed by atoms with E-state index < -0.39 is 0 Å². The minimum absolute atomic E-state index is 0.0251. The summed E-state index contributed by atoms with van der Waals surface area (Å²) in [4.78, 5) is 0. The van der Waals surface area contributed by atoms with Gasteiger partial charge in [-0.1, -0.05) is 84.0 Å². The second-order valence-corrected chi connectivity index (χ2v) is 8.47. The molecule has 2 rings (SSSR count). The molecule has 0 radical (unpaired) electrons. The zero-order valence-corrected chi connectivity index (χ0v) is 15.3. The summed E-state index contributed by atoms with van der Waals surface area (Å²) < 4.78 is 12.0. The fraction of sp³-hybridized carbons (Fsp3) is 0.400. The SMILES string of the molecule is CC(C)(C)c1ccc(-c2ccccc2)c(P=O)c1C(C)(C)C. The van der Waals surface area contributed by atoms with Crippen LogP contribution in [0, 0.1) is 0 Å². The largest absolute Gasteiger partial charge is 0.269 e. The molecule has 0 aliphatic carbocycles. The Hall–Kier alpha value is -1.46. The Balaban J connectivity index is 2.84. The van der Waals surface area contributed by atoms with Crippen LogP contribution in [0.1, 0.15) is 52.7 Å². The van der Waals surface area contributed by atoms with Gasteiger partial charge in [0.15, 0.2) is 8.46 Å². The Morgan fingerprint density at radius 2 is 1.36 bits per heavy atom. The summed E-state index contributed by atoms with van der Waals surface area (Å²) in [6, 6.07) is 14.5. The molecule has 22 heavy (non-hydrogen) atoms. The summed E-state index contributed by atoms with van der Waals surface area (Å²) in [7, 11) is 0.0881. The smallest absolute Gasteiger partial charge is 0.193 e. The van der Waals surface area contributed by atoms with E-state index in [1.54, 1.807) is 0 Å². The van der Waals surface area contributed by atoms with Crippen molar-refractivity contribution in [3.8, 4) is 11.1 Å². The van der Waals surface area contributed by atoms with Gasteiger partial charge in [-0.15, -0.1) is 0 Å². The molecule has 0 atom stereocenters. The highest BCUT2D eigenvalue weighted by Gasteiger charge is 2.29. The predicted molar refractivity (Wildman–Crippen MR) is 96.5 cm³/mol. The molecular weight excluding hydrogens is 287 g/mol. The number of benzene rings is 2. The van der Waals surface area contributed by atoms with Crippen molar-refractivity contribution in [2.45, 2.75) is 52.4 Å². The Bertz CT molecular complexity index is 673. The number of hydrogen-bond acceptors (Lipinski definition) is 1. The lowest BCUT2D eigenvalue weighted by Gasteiger charge is -2.32. The molecule has 0 aromatic heterocycles. The quantitative estimate of drug-likeness (QED) is 0.634. The van der Waals surface area contributed by atoms with Crippen LogP contribution in [-0.2, 0) is 15.4 Å². The second kappa shape index (κ2) is 5.97.